The fourth-order valence-corrected chi connectivity index (χ4v) is 10.3. The van der Waals surface area contributed by atoms with Crippen LogP contribution in [0, 0.1) is 5.92 Å². The van der Waals surface area contributed by atoms with E-state index < -0.39 is 0 Å². The van der Waals surface area contributed by atoms with Crippen LogP contribution in [0.1, 0.15) is 82.6 Å². The van der Waals surface area contributed by atoms with Gasteiger partial charge in [-0.1, -0.05) is 20.3 Å². The molecule has 0 rings (SSSR count). The first-order chi connectivity index (χ1) is 66.9. The minimum Gasteiger partial charge on any atom is -0.382 e. The molecule has 0 bridgehead atoms. The van der Waals surface area contributed by atoms with Crippen molar-refractivity contribution in [2.24, 2.45) is 5.92 Å². The van der Waals surface area contributed by atoms with E-state index in [1.165, 1.54) is 0 Å². The summed E-state index contributed by atoms with van der Waals surface area (Å²) in [6.45, 7) is 57.3. The molecule has 0 aromatic rings. The lowest BCUT2D eigenvalue weighted by Gasteiger charge is -2.23. The van der Waals surface area contributed by atoms with Crippen molar-refractivity contribution in [1.29, 1.82) is 0 Å². The number of methoxy groups -OCH3 is 1. The van der Waals surface area contributed by atoms with Gasteiger partial charge in [-0.3, -0.25) is 0 Å². The van der Waals surface area contributed by atoms with Crippen molar-refractivity contribution in [3.05, 3.63) is 0 Å². The maximum atomic E-state index is 6.00. The third kappa shape index (κ3) is 114. The highest BCUT2D eigenvalue weighted by Crippen LogP contribution is 2.09. The van der Waals surface area contributed by atoms with Gasteiger partial charge in [0.2, 0.25) is 0 Å². The smallest absolute Gasteiger partial charge is 0.0781 e. The van der Waals surface area contributed by atoms with E-state index in [1.807, 2.05) is 62.3 Å². The molecule has 0 amide bonds. The van der Waals surface area contributed by atoms with E-state index in [0.29, 0.717) is 475 Å². The van der Waals surface area contributed by atoms with E-state index in [9.17, 15) is 0 Å². The van der Waals surface area contributed by atoms with Crippen molar-refractivity contribution in [3.63, 3.8) is 0 Å². The molecule has 10 atom stereocenters. The Morgan fingerprint density at radius 2 is 0.199 bits per heavy atom. The molecule has 0 aliphatic carbocycles. The third-order valence-electron chi connectivity index (χ3n) is 18.2. The first-order valence-electron chi connectivity index (χ1n) is 49.8. The fraction of sp³-hybridized carbons (Fsp3) is 1.00. The molecular formula is C95H192O41. The molecule has 0 heterocycles. The Bertz CT molecular complexity index is 2190. The van der Waals surface area contributed by atoms with E-state index in [2.05, 4.69) is 13.8 Å². The van der Waals surface area contributed by atoms with E-state index in [4.69, 9.17) is 194 Å². The van der Waals surface area contributed by atoms with Crippen LogP contribution < -0.4 is 0 Å². The van der Waals surface area contributed by atoms with Crippen LogP contribution in [-0.2, 0) is 194 Å². The first-order valence-corrected chi connectivity index (χ1v) is 49.8. The molecule has 0 aromatic heterocycles. The van der Waals surface area contributed by atoms with Gasteiger partial charge >= 0.3 is 0 Å². The van der Waals surface area contributed by atoms with Crippen LogP contribution in [-0.4, -0.2) is 538 Å². The molecule has 0 N–H and O–H groups in total. The zero-order valence-electron chi connectivity index (χ0n) is 86.1. The first kappa shape index (κ1) is 134. The second-order valence-corrected chi connectivity index (χ2v) is 31.2. The van der Waals surface area contributed by atoms with E-state index in [-0.39, 0.29) is 54.9 Å². The lowest BCUT2D eigenvalue weighted by Crippen LogP contribution is -2.30. The van der Waals surface area contributed by atoms with Gasteiger partial charge in [-0.2, -0.15) is 0 Å². The molecular weight excluding hydrogens is 1800 g/mol. The lowest BCUT2D eigenvalue weighted by molar-refractivity contribution is -0.112. The quantitative estimate of drug-likeness (QED) is 0.0645. The highest BCUT2D eigenvalue weighted by Gasteiger charge is 2.17. The summed E-state index contributed by atoms with van der Waals surface area (Å²) >= 11 is 0. The summed E-state index contributed by atoms with van der Waals surface area (Å²) in [5.41, 5.74) is 0. The summed E-state index contributed by atoms with van der Waals surface area (Å²) in [7, 11) is 1.64. The van der Waals surface area contributed by atoms with Gasteiger partial charge < -0.3 is 194 Å². The second kappa shape index (κ2) is 115. The number of hydrogen-bond acceptors (Lipinski definition) is 41. The Labute approximate surface area is 817 Å². The molecule has 0 saturated carbocycles. The van der Waals surface area contributed by atoms with Crippen molar-refractivity contribution >= 4 is 0 Å². The molecule has 136 heavy (non-hydrogen) atoms. The van der Waals surface area contributed by atoms with E-state index in [0.717, 1.165) is 13.0 Å². The van der Waals surface area contributed by atoms with Crippen molar-refractivity contribution in [2.45, 2.75) is 138 Å². The molecule has 0 spiro atoms. The molecule has 818 valence electrons. The van der Waals surface area contributed by atoms with Crippen LogP contribution in [0.3, 0.4) is 0 Å². The molecule has 0 fully saturated rings. The third-order valence-corrected chi connectivity index (χ3v) is 18.2. The summed E-state index contributed by atoms with van der Waals surface area (Å²) in [5, 5.41) is 0. The van der Waals surface area contributed by atoms with Gasteiger partial charge in [0.1, 0.15) is 0 Å². The van der Waals surface area contributed by atoms with Gasteiger partial charge in [0.05, 0.1) is 524 Å². The highest BCUT2D eigenvalue weighted by molar-refractivity contribution is 4.62. The normalized spacial score (nSPS) is 14.3. The molecule has 10 unspecified atom stereocenters. The molecule has 0 saturated heterocycles. The van der Waals surface area contributed by atoms with Crippen molar-refractivity contribution in [2.75, 3.05) is 483 Å². The maximum Gasteiger partial charge on any atom is 0.0781 e. The number of ether oxygens (including phenoxy) is 41. The molecule has 0 aliphatic heterocycles. The average molecular weight is 1990 g/mol. The summed E-state index contributed by atoms with van der Waals surface area (Å²) in [5.74, 6) is 0.550. The average Bonchev–Trinajstić information content (AvgIpc) is 0.969. The van der Waals surface area contributed by atoms with Crippen LogP contribution in [0.25, 0.3) is 0 Å². The maximum absolute atomic E-state index is 6.00. The van der Waals surface area contributed by atoms with Gasteiger partial charge in [-0.25, -0.2) is 0 Å². The Morgan fingerprint density at radius 1 is 0.110 bits per heavy atom. The van der Waals surface area contributed by atoms with E-state index >= 15 is 0 Å². The zero-order chi connectivity index (χ0) is 98.4. The van der Waals surface area contributed by atoms with Gasteiger partial charge in [-0.15, -0.1) is 0 Å². The highest BCUT2D eigenvalue weighted by atomic mass is 16.7. The molecule has 41 heteroatoms. The van der Waals surface area contributed by atoms with Crippen molar-refractivity contribution < 1.29 is 194 Å². The van der Waals surface area contributed by atoms with Gasteiger partial charge in [-0.05, 0) is 68.2 Å². The Kier molecular flexibility index (Phi) is 114. The summed E-state index contributed by atoms with van der Waals surface area (Å²) in [6, 6.07) is 0. The van der Waals surface area contributed by atoms with Crippen LogP contribution >= 0.6 is 0 Å². The standard InChI is InChI=1S/C95H192O41/c1-13-86(2)76-128-88(4)78-130-90(6)80-132-92(8)82-134-94(10)84-136-95(11)85-135-93(9)83-133-91(7)81-131-89(5)79-129-87(3)77-127-75-74-126-73-72-125-71-70-124-69-68-123-67-66-122-65-64-121-63-62-120-61-60-119-59-58-118-57-56-117-55-54-116-53-52-115-51-50-114-49-48-113-47-46-112-45-44-111-43-42-110-41-40-109-39-38-108-37-36-107-35-34-106-33-32-105-31-30-104-29-28-103-27-26-102-25-24-101-23-22-100-21-20-99-19-18-98-17-16-97-15-14-96-12/h86-95H,13-85H2,1-12H3. The molecule has 0 aliphatic rings. The van der Waals surface area contributed by atoms with Gasteiger partial charge in [0, 0.05) is 13.7 Å². The second-order valence-electron chi connectivity index (χ2n) is 31.2. The summed E-state index contributed by atoms with van der Waals surface area (Å²) in [6.07, 6.45) is 0.470. The summed E-state index contributed by atoms with van der Waals surface area (Å²) < 4.78 is 230. The van der Waals surface area contributed by atoms with E-state index in [1.54, 1.807) is 7.11 Å². The van der Waals surface area contributed by atoms with Crippen molar-refractivity contribution in [3.8, 4) is 0 Å². The molecule has 41 nitrogen and oxygen atoms in total. The Morgan fingerprint density at radius 3 is 0.301 bits per heavy atom. The van der Waals surface area contributed by atoms with Crippen LogP contribution in [0.2, 0.25) is 0 Å². The van der Waals surface area contributed by atoms with Crippen LogP contribution in [0.4, 0.5) is 0 Å². The Hall–Kier alpha value is -1.64. The largest absolute Gasteiger partial charge is 0.382 e. The summed E-state index contributed by atoms with van der Waals surface area (Å²) in [4.78, 5) is 0. The zero-order valence-corrected chi connectivity index (χ0v) is 86.1. The minimum absolute atomic E-state index is 0.0321. The fourth-order valence-electron chi connectivity index (χ4n) is 10.3. The predicted molar refractivity (Wildman–Crippen MR) is 505 cm³/mol. The molecule has 0 aromatic carbocycles. The van der Waals surface area contributed by atoms with Gasteiger partial charge in [0.25, 0.3) is 0 Å². The van der Waals surface area contributed by atoms with Crippen molar-refractivity contribution in [1.82, 2.24) is 0 Å². The predicted octanol–water partition coefficient (Wildman–Crippen LogP) is 5.84. The lowest BCUT2D eigenvalue weighted by atomic mass is 10.1. The minimum atomic E-state index is -0.106. The topological polar surface area (TPSA) is 378 Å². The Balaban J connectivity index is 3.26. The van der Waals surface area contributed by atoms with Crippen LogP contribution in [0.5, 0.6) is 0 Å². The number of hydrogen-bond donors (Lipinski definition) is 0. The molecule has 0 radical (unpaired) electrons. The van der Waals surface area contributed by atoms with Crippen LogP contribution in [0.15, 0.2) is 0 Å². The SMILES string of the molecule is CCC(C)COC(C)COC(C)COC(C)COC(C)COC(C)COC(C)COC(C)COC(C)COC(C)COCCOCCOCCOCCOCCOCCOCCOCCOCCOCCOCCOCCOCCOCCOCCOCCOCCOCCOCCOCCOCCOCCOCCOCCOCCOCCOCCOCCOCCOCCOCCOC. The number of rotatable bonds is 123. The van der Waals surface area contributed by atoms with Gasteiger partial charge in [0.15, 0.2) is 0 Å². The monoisotopic (exact) mass is 1990 g/mol.